The maximum atomic E-state index is 11.5. The fourth-order valence-electron chi connectivity index (χ4n) is 1.85. The summed E-state index contributed by atoms with van der Waals surface area (Å²) < 4.78 is 5.16. The third-order valence-corrected chi connectivity index (χ3v) is 3.19. The van der Waals surface area contributed by atoms with Crippen LogP contribution in [0.4, 0.5) is 4.79 Å². The summed E-state index contributed by atoms with van der Waals surface area (Å²) in [5.74, 6) is 0. The second-order valence-corrected chi connectivity index (χ2v) is 6.39. The SMILES string of the molecule is C[C@@H](NCCCNC(=O)OC(C)(C)C)c1ccccc1Cl. The molecule has 1 aromatic rings. The molecule has 0 radical (unpaired) electrons. The molecule has 1 aromatic carbocycles. The maximum absolute atomic E-state index is 11.5. The smallest absolute Gasteiger partial charge is 0.407 e. The summed E-state index contributed by atoms with van der Waals surface area (Å²) >= 11 is 6.15. The van der Waals surface area contributed by atoms with Gasteiger partial charge in [0.2, 0.25) is 0 Å². The summed E-state index contributed by atoms with van der Waals surface area (Å²) in [5.41, 5.74) is 0.625. The van der Waals surface area contributed by atoms with Gasteiger partial charge in [-0.3, -0.25) is 0 Å². The molecule has 1 amide bonds. The Morgan fingerprint density at radius 3 is 2.57 bits per heavy atom. The van der Waals surface area contributed by atoms with Gasteiger partial charge in [-0.15, -0.1) is 0 Å². The van der Waals surface area contributed by atoms with Crippen LogP contribution in [0.3, 0.4) is 0 Å². The van der Waals surface area contributed by atoms with E-state index >= 15 is 0 Å². The first-order valence-electron chi connectivity index (χ1n) is 7.24. The highest BCUT2D eigenvalue weighted by Gasteiger charge is 2.15. The van der Waals surface area contributed by atoms with Crippen LogP contribution < -0.4 is 10.6 Å². The predicted molar refractivity (Wildman–Crippen MR) is 86.7 cm³/mol. The Hall–Kier alpha value is -1.26. The highest BCUT2D eigenvalue weighted by atomic mass is 35.5. The number of hydrogen-bond donors (Lipinski definition) is 2. The lowest BCUT2D eigenvalue weighted by molar-refractivity contribution is 0.0527. The van der Waals surface area contributed by atoms with E-state index in [4.69, 9.17) is 16.3 Å². The predicted octanol–water partition coefficient (Wildman–Crippen LogP) is 3.91. The molecule has 21 heavy (non-hydrogen) atoms. The summed E-state index contributed by atoms with van der Waals surface area (Å²) in [7, 11) is 0. The van der Waals surface area contributed by atoms with Crippen molar-refractivity contribution in [2.24, 2.45) is 0 Å². The van der Waals surface area contributed by atoms with E-state index in [0.29, 0.717) is 6.54 Å². The van der Waals surface area contributed by atoms with Crippen LogP contribution in [0, 0.1) is 0 Å². The lowest BCUT2D eigenvalue weighted by atomic mass is 10.1. The van der Waals surface area contributed by atoms with Crippen LogP contribution in [0.1, 0.15) is 45.7 Å². The standard InChI is InChI=1S/C16H25ClN2O2/c1-12(13-8-5-6-9-14(13)17)18-10-7-11-19-15(20)21-16(2,3)4/h5-6,8-9,12,18H,7,10-11H2,1-4H3,(H,19,20)/t12-/m1/s1. The Labute approximate surface area is 132 Å². The van der Waals surface area contributed by atoms with Gasteiger partial charge in [-0.1, -0.05) is 29.8 Å². The third-order valence-electron chi connectivity index (χ3n) is 2.84. The van der Waals surface area contributed by atoms with E-state index in [1.54, 1.807) is 0 Å². The third kappa shape index (κ3) is 7.34. The summed E-state index contributed by atoms with van der Waals surface area (Å²) in [6, 6.07) is 7.98. The minimum atomic E-state index is -0.457. The first-order valence-corrected chi connectivity index (χ1v) is 7.62. The lowest BCUT2D eigenvalue weighted by Gasteiger charge is -2.20. The molecule has 0 aliphatic carbocycles. The monoisotopic (exact) mass is 312 g/mol. The van der Waals surface area contributed by atoms with E-state index < -0.39 is 5.60 Å². The molecule has 0 heterocycles. The quantitative estimate of drug-likeness (QED) is 0.783. The Kier molecular flexibility index (Phi) is 6.99. The first-order chi connectivity index (χ1) is 9.79. The number of alkyl carbamates (subject to hydrolysis) is 1. The van der Waals surface area contributed by atoms with Gasteiger partial charge in [0.05, 0.1) is 0 Å². The molecular formula is C16H25ClN2O2. The van der Waals surface area contributed by atoms with Crippen molar-refractivity contribution in [3.63, 3.8) is 0 Å². The molecule has 0 aliphatic heterocycles. The molecule has 0 saturated carbocycles. The van der Waals surface area contributed by atoms with Crippen molar-refractivity contribution in [2.45, 2.75) is 45.8 Å². The number of amides is 1. The summed E-state index contributed by atoms with van der Waals surface area (Å²) in [4.78, 5) is 11.5. The Balaban J connectivity index is 2.20. The molecule has 0 unspecified atom stereocenters. The number of ether oxygens (including phenoxy) is 1. The second kappa shape index (κ2) is 8.25. The van der Waals surface area contributed by atoms with Gasteiger partial charge >= 0.3 is 6.09 Å². The number of carbonyl (C=O) groups is 1. The normalized spacial score (nSPS) is 12.8. The van der Waals surface area contributed by atoms with Crippen LogP contribution in [0.2, 0.25) is 5.02 Å². The van der Waals surface area contributed by atoms with Crippen molar-refractivity contribution in [1.29, 1.82) is 0 Å². The number of carbonyl (C=O) groups excluding carboxylic acids is 1. The molecule has 0 aliphatic rings. The highest BCUT2D eigenvalue weighted by molar-refractivity contribution is 6.31. The Bertz CT molecular complexity index is 458. The molecule has 2 N–H and O–H groups in total. The van der Waals surface area contributed by atoms with E-state index in [9.17, 15) is 4.79 Å². The molecule has 0 saturated heterocycles. The van der Waals surface area contributed by atoms with E-state index in [1.165, 1.54) is 0 Å². The molecule has 0 fully saturated rings. The number of nitrogens with one attached hydrogen (secondary N) is 2. The van der Waals surface area contributed by atoms with Crippen LogP contribution >= 0.6 is 11.6 Å². The second-order valence-electron chi connectivity index (χ2n) is 5.98. The van der Waals surface area contributed by atoms with Gasteiger partial charge in [0.1, 0.15) is 5.60 Å². The van der Waals surface area contributed by atoms with Crippen LogP contribution in [0.15, 0.2) is 24.3 Å². The van der Waals surface area contributed by atoms with Crippen LogP contribution in [-0.4, -0.2) is 24.8 Å². The van der Waals surface area contributed by atoms with Gasteiger partial charge in [0.25, 0.3) is 0 Å². The summed E-state index contributed by atoms with van der Waals surface area (Å²) in [6.45, 7) is 8.99. The Morgan fingerprint density at radius 1 is 1.29 bits per heavy atom. The topological polar surface area (TPSA) is 50.4 Å². The largest absolute Gasteiger partial charge is 0.444 e. The first kappa shape index (κ1) is 17.8. The molecule has 118 valence electrons. The van der Waals surface area contributed by atoms with E-state index in [2.05, 4.69) is 17.6 Å². The zero-order chi connectivity index (χ0) is 15.9. The maximum Gasteiger partial charge on any atom is 0.407 e. The lowest BCUT2D eigenvalue weighted by Crippen LogP contribution is -2.34. The van der Waals surface area contributed by atoms with Crippen molar-refractivity contribution in [2.75, 3.05) is 13.1 Å². The molecule has 0 bridgehead atoms. The van der Waals surface area contributed by atoms with Crippen LogP contribution in [0.5, 0.6) is 0 Å². The van der Waals surface area contributed by atoms with Gasteiger partial charge in [0, 0.05) is 17.6 Å². The van der Waals surface area contributed by atoms with Gasteiger partial charge in [-0.25, -0.2) is 4.79 Å². The zero-order valence-electron chi connectivity index (χ0n) is 13.2. The van der Waals surface area contributed by atoms with Gasteiger partial charge < -0.3 is 15.4 Å². The number of halogens is 1. The fraction of sp³-hybridized carbons (Fsp3) is 0.562. The molecule has 1 atom stereocenters. The average molecular weight is 313 g/mol. The minimum Gasteiger partial charge on any atom is -0.444 e. The molecule has 0 aromatic heterocycles. The number of benzene rings is 1. The van der Waals surface area contributed by atoms with Crippen LogP contribution in [0.25, 0.3) is 0 Å². The fourth-order valence-corrected chi connectivity index (χ4v) is 2.15. The number of hydrogen-bond acceptors (Lipinski definition) is 3. The molecule has 0 spiro atoms. The van der Waals surface area contributed by atoms with Gasteiger partial charge in [-0.05, 0) is 52.3 Å². The summed E-state index contributed by atoms with van der Waals surface area (Å²) in [6.07, 6.45) is 0.454. The molecule has 5 heteroatoms. The summed E-state index contributed by atoms with van der Waals surface area (Å²) in [5, 5.41) is 6.89. The molecule has 4 nitrogen and oxygen atoms in total. The van der Waals surface area contributed by atoms with E-state index in [-0.39, 0.29) is 12.1 Å². The van der Waals surface area contributed by atoms with E-state index in [0.717, 1.165) is 23.6 Å². The Morgan fingerprint density at radius 2 is 1.95 bits per heavy atom. The number of rotatable bonds is 6. The highest BCUT2D eigenvalue weighted by Crippen LogP contribution is 2.21. The van der Waals surface area contributed by atoms with Crippen molar-refractivity contribution >= 4 is 17.7 Å². The van der Waals surface area contributed by atoms with Crippen molar-refractivity contribution in [3.8, 4) is 0 Å². The average Bonchev–Trinajstić information content (AvgIpc) is 2.36. The van der Waals surface area contributed by atoms with Gasteiger partial charge in [-0.2, -0.15) is 0 Å². The van der Waals surface area contributed by atoms with Gasteiger partial charge in [0.15, 0.2) is 0 Å². The van der Waals surface area contributed by atoms with Crippen molar-refractivity contribution in [1.82, 2.24) is 10.6 Å². The zero-order valence-corrected chi connectivity index (χ0v) is 14.0. The minimum absolute atomic E-state index is 0.181. The molecular weight excluding hydrogens is 288 g/mol. The van der Waals surface area contributed by atoms with Crippen molar-refractivity contribution < 1.29 is 9.53 Å². The molecule has 1 rings (SSSR count). The van der Waals surface area contributed by atoms with Crippen LogP contribution in [-0.2, 0) is 4.74 Å². The van der Waals surface area contributed by atoms with Crippen molar-refractivity contribution in [3.05, 3.63) is 34.9 Å². The van der Waals surface area contributed by atoms with E-state index in [1.807, 2.05) is 45.0 Å².